The number of nitrogens with zero attached hydrogens (tertiary/aromatic N) is 2. The summed E-state index contributed by atoms with van der Waals surface area (Å²) >= 11 is 3.41. The normalized spacial score (nSPS) is 10.9. The van der Waals surface area contributed by atoms with Gasteiger partial charge in [0.2, 0.25) is 0 Å². The van der Waals surface area contributed by atoms with Gasteiger partial charge >= 0.3 is 0 Å². The van der Waals surface area contributed by atoms with Gasteiger partial charge in [0.1, 0.15) is 11.6 Å². The molecule has 1 N–H and O–H groups in total. The van der Waals surface area contributed by atoms with Gasteiger partial charge in [-0.1, -0.05) is 29.8 Å². The predicted molar refractivity (Wildman–Crippen MR) is 70.2 cm³/mol. The van der Waals surface area contributed by atoms with Crippen molar-refractivity contribution in [2.75, 3.05) is 7.11 Å². The van der Waals surface area contributed by atoms with Gasteiger partial charge in [-0.15, -0.1) is 0 Å². The number of aromatic nitrogens is 3. The van der Waals surface area contributed by atoms with Crippen molar-refractivity contribution in [3.63, 3.8) is 0 Å². The average Bonchev–Trinajstić information content (AvgIpc) is 2.78. The predicted octanol–water partition coefficient (Wildman–Crippen LogP) is 3.37. The van der Waals surface area contributed by atoms with E-state index < -0.39 is 0 Å². The summed E-state index contributed by atoms with van der Waals surface area (Å²) in [5.74, 6) is 2.63. The molecule has 0 saturated carbocycles. The summed E-state index contributed by atoms with van der Waals surface area (Å²) in [4.78, 5) is 4.46. The fraction of sp³-hybridized carbons (Fsp3) is 0.333. The number of hydrogen-bond donors (Lipinski definition) is 1. The van der Waals surface area contributed by atoms with Crippen molar-refractivity contribution in [3.05, 3.63) is 28.5 Å². The molecule has 5 heteroatoms. The molecule has 0 aliphatic rings. The fourth-order valence-corrected chi connectivity index (χ4v) is 1.84. The van der Waals surface area contributed by atoms with E-state index in [1.165, 1.54) is 0 Å². The molecule has 0 aliphatic heterocycles. The highest BCUT2D eigenvalue weighted by molar-refractivity contribution is 9.10. The first-order chi connectivity index (χ1) is 8.11. The quantitative estimate of drug-likeness (QED) is 0.944. The summed E-state index contributed by atoms with van der Waals surface area (Å²) in [6.45, 7) is 4.15. The van der Waals surface area contributed by atoms with Crippen LogP contribution in [0.5, 0.6) is 5.75 Å². The molecule has 0 bridgehead atoms. The molecule has 0 amide bonds. The van der Waals surface area contributed by atoms with E-state index in [0.717, 1.165) is 21.6 Å². The van der Waals surface area contributed by atoms with Crippen molar-refractivity contribution in [1.29, 1.82) is 0 Å². The van der Waals surface area contributed by atoms with Crippen molar-refractivity contribution in [3.8, 4) is 17.1 Å². The summed E-state index contributed by atoms with van der Waals surface area (Å²) in [6, 6.07) is 5.79. The van der Waals surface area contributed by atoms with Gasteiger partial charge in [0.25, 0.3) is 0 Å². The Morgan fingerprint density at radius 2 is 2.12 bits per heavy atom. The summed E-state index contributed by atoms with van der Waals surface area (Å²) in [6.07, 6.45) is 0. The molecule has 0 aliphatic carbocycles. The number of methoxy groups -OCH3 is 1. The monoisotopic (exact) mass is 295 g/mol. The highest BCUT2D eigenvalue weighted by Gasteiger charge is 2.13. The number of rotatable bonds is 3. The van der Waals surface area contributed by atoms with Crippen molar-refractivity contribution >= 4 is 15.9 Å². The number of halogens is 1. The zero-order chi connectivity index (χ0) is 12.4. The van der Waals surface area contributed by atoms with E-state index >= 15 is 0 Å². The Morgan fingerprint density at radius 3 is 2.71 bits per heavy atom. The van der Waals surface area contributed by atoms with Gasteiger partial charge in [0.15, 0.2) is 5.82 Å². The largest absolute Gasteiger partial charge is 0.496 e. The Balaban J connectivity index is 2.44. The molecule has 0 fully saturated rings. The van der Waals surface area contributed by atoms with Crippen LogP contribution in [-0.2, 0) is 0 Å². The van der Waals surface area contributed by atoms with Crippen LogP contribution >= 0.6 is 15.9 Å². The summed E-state index contributed by atoms with van der Waals surface area (Å²) in [5.41, 5.74) is 0.888. The molecular weight excluding hydrogens is 282 g/mol. The van der Waals surface area contributed by atoms with Crippen LogP contribution in [-0.4, -0.2) is 22.3 Å². The third-order valence-electron chi connectivity index (χ3n) is 2.45. The van der Waals surface area contributed by atoms with Crippen LogP contribution in [0.25, 0.3) is 11.4 Å². The van der Waals surface area contributed by atoms with Gasteiger partial charge in [0, 0.05) is 10.4 Å². The molecule has 0 radical (unpaired) electrons. The Labute approximate surface area is 109 Å². The molecule has 1 heterocycles. The second-order valence-corrected chi connectivity index (χ2v) is 4.96. The standard InChI is InChI=1S/C12H14BrN3O/c1-7(2)11-14-12(16-15-11)9-5-4-8(13)6-10(9)17-3/h4-7H,1-3H3,(H,14,15,16). The number of ether oxygens (including phenoxy) is 1. The van der Waals surface area contributed by atoms with Crippen LogP contribution < -0.4 is 4.74 Å². The zero-order valence-electron chi connectivity index (χ0n) is 9.99. The molecule has 17 heavy (non-hydrogen) atoms. The van der Waals surface area contributed by atoms with E-state index in [1.807, 2.05) is 18.2 Å². The first kappa shape index (κ1) is 12.1. The summed E-state index contributed by atoms with van der Waals surface area (Å²) < 4.78 is 6.30. The first-order valence-corrected chi connectivity index (χ1v) is 6.17. The van der Waals surface area contributed by atoms with Crippen LogP contribution in [0.15, 0.2) is 22.7 Å². The minimum atomic E-state index is 0.331. The van der Waals surface area contributed by atoms with E-state index in [1.54, 1.807) is 7.11 Å². The average molecular weight is 296 g/mol. The topological polar surface area (TPSA) is 50.8 Å². The van der Waals surface area contributed by atoms with Crippen LogP contribution in [0.4, 0.5) is 0 Å². The molecule has 4 nitrogen and oxygen atoms in total. The van der Waals surface area contributed by atoms with E-state index in [2.05, 4.69) is 45.0 Å². The molecule has 1 aromatic carbocycles. The van der Waals surface area contributed by atoms with Crippen LogP contribution in [0.2, 0.25) is 0 Å². The second kappa shape index (κ2) is 4.87. The number of benzene rings is 1. The van der Waals surface area contributed by atoms with E-state index in [-0.39, 0.29) is 0 Å². The summed E-state index contributed by atoms with van der Waals surface area (Å²) in [7, 11) is 1.64. The SMILES string of the molecule is COc1cc(Br)ccc1-c1n[nH]c(C(C)C)n1. The fourth-order valence-electron chi connectivity index (χ4n) is 1.50. The van der Waals surface area contributed by atoms with Crippen LogP contribution in [0.1, 0.15) is 25.6 Å². The molecule has 0 saturated heterocycles. The molecule has 90 valence electrons. The Kier molecular flexibility index (Phi) is 3.47. The van der Waals surface area contributed by atoms with E-state index in [9.17, 15) is 0 Å². The summed E-state index contributed by atoms with van der Waals surface area (Å²) in [5, 5.41) is 7.16. The molecule has 1 aromatic heterocycles. The highest BCUT2D eigenvalue weighted by atomic mass is 79.9. The van der Waals surface area contributed by atoms with Crippen molar-refractivity contribution in [2.45, 2.75) is 19.8 Å². The maximum absolute atomic E-state index is 5.33. The maximum Gasteiger partial charge on any atom is 0.184 e. The second-order valence-electron chi connectivity index (χ2n) is 4.04. The first-order valence-electron chi connectivity index (χ1n) is 5.38. The Hall–Kier alpha value is -1.36. The van der Waals surface area contributed by atoms with Gasteiger partial charge in [-0.05, 0) is 18.2 Å². The van der Waals surface area contributed by atoms with Crippen molar-refractivity contribution in [1.82, 2.24) is 15.2 Å². The minimum absolute atomic E-state index is 0.331. The molecule has 0 spiro atoms. The maximum atomic E-state index is 5.33. The van der Waals surface area contributed by atoms with Gasteiger partial charge in [-0.3, -0.25) is 5.10 Å². The molecule has 2 aromatic rings. The van der Waals surface area contributed by atoms with Crippen molar-refractivity contribution < 1.29 is 4.74 Å². The van der Waals surface area contributed by atoms with E-state index in [0.29, 0.717) is 11.7 Å². The number of aromatic amines is 1. The Morgan fingerprint density at radius 1 is 1.35 bits per heavy atom. The molecule has 0 atom stereocenters. The lowest BCUT2D eigenvalue weighted by molar-refractivity contribution is 0.416. The lowest BCUT2D eigenvalue weighted by Gasteiger charge is -2.05. The number of H-pyrrole nitrogens is 1. The number of hydrogen-bond acceptors (Lipinski definition) is 3. The van der Waals surface area contributed by atoms with E-state index in [4.69, 9.17) is 4.74 Å². The molecule has 0 unspecified atom stereocenters. The van der Waals surface area contributed by atoms with Gasteiger partial charge in [0.05, 0.1) is 12.7 Å². The van der Waals surface area contributed by atoms with Crippen LogP contribution in [0.3, 0.4) is 0 Å². The van der Waals surface area contributed by atoms with Gasteiger partial charge in [-0.2, -0.15) is 5.10 Å². The van der Waals surface area contributed by atoms with Crippen LogP contribution in [0, 0.1) is 0 Å². The van der Waals surface area contributed by atoms with Gasteiger partial charge in [-0.25, -0.2) is 4.98 Å². The van der Waals surface area contributed by atoms with Crippen molar-refractivity contribution in [2.24, 2.45) is 0 Å². The lowest BCUT2D eigenvalue weighted by atomic mass is 10.2. The van der Waals surface area contributed by atoms with Gasteiger partial charge < -0.3 is 4.74 Å². The minimum Gasteiger partial charge on any atom is -0.496 e. The highest BCUT2D eigenvalue weighted by Crippen LogP contribution is 2.30. The molecule has 2 rings (SSSR count). The molecular formula is C12H14BrN3O. The smallest absolute Gasteiger partial charge is 0.184 e. The third kappa shape index (κ3) is 2.49. The zero-order valence-corrected chi connectivity index (χ0v) is 11.6. The Bertz CT molecular complexity index is 522. The number of nitrogens with one attached hydrogen (secondary N) is 1. The third-order valence-corrected chi connectivity index (χ3v) is 2.95. The lowest BCUT2D eigenvalue weighted by Crippen LogP contribution is -1.91.